The van der Waals surface area contributed by atoms with Gasteiger partial charge in [-0.15, -0.1) is 0 Å². The van der Waals surface area contributed by atoms with Crippen LogP contribution in [0.2, 0.25) is 0 Å². The minimum absolute atomic E-state index is 0.0634. The number of anilines is 1. The summed E-state index contributed by atoms with van der Waals surface area (Å²) in [6.45, 7) is 6.82. The third-order valence-electron chi connectivity index (χ3n) is 6.54. The number of aromatic nitrogens is 2. The van der Waals surface area contributed by atoms with E-state index in [2.05, 4.69) is 10.3 Å². The summed E-state index contributed by atoms with van der Waals surface area (Å²) in [6.07, 6.45) is -0.383. The molecule has 0 atom stereocenters. The summed E-state index contributed by atoms with van der Waals surface area (Å²) in [5.41, 5.74) is 3.63. The molecule has 3 N–H and O–H groups in total. The van der Waals surface area contributed by atoms with E-state index in [1.165, 1.54) is 51.3 Å². The van der Waals surface area contributed by atoms with Crippen LogP contribution in [0, 0.1) is 20.8 Å². The summed E-state index contributed by atoms with van der Waals surface area (Å²) >= 11 is 0. The maximum absolute atomic E-state index is 14.1. The number of hydrogen-bond donors (Lipinski definition) is 3. The molecule has 0 unspecified atom stereocenters. The molecule has 0 saturated heterocycles. The second-order valence-electron chi connectivity index (χ2n) is 9.11. The molecule has 38 heavy (non-hydrogen) atoms. The molecular formula is C29H29F2N3O4. The van der Waals surface area contributed by atoms with Gasteiger partial charge in [0.2, 0.25) is 0 Å². The molecule has 9 heteroatoms. The highest BCUT2D eigenvalue weighted by molar-refractivity contribution is 6.04. The van der Waals surface area contributed by atoms with Crippen molar-refractivity contribution in [1.82, 2.24) is 9.71 Å². The van der Waals surface area contributed by atoms with Gasteiger partial charge in [-0.2, -0.15) is 4.73 Å². The van der Waals surface area contributed by atoms with Crippen LogP contribution in [0.1, 0.15) is 46.2 Å². The molecule has 0 radical (unpaired) electrons. The van der Waals surface area contributed by atoms with Gasteiger partial charge >= 0.3 is 0 Å². The van der Waals surface area contributed by atoms with Gasteiger partial charge in [-0.3, -0.25) is 4.79 Å². The van der Waals surface area contributed by atoms with E-state index in [0.29, 0.717) is 16.0 Å². The first-order valence-corrected chi connectivity index (χ1v) is 12.0. The zero-order valence-corrected chi connectivity index (χ0v) is 21.8. The number of carbonyl (C=O) groups is 1. The van der Waals surface area contributed by atoms with Crippen molar-refractivity contribution >= 4 is 11.6 Å². The van der Waals surface area contributed by atoms with E-state index in [0.717, 1.165) is 16.7 Å². The van der Waals surface area contributed by atoms with E-state index in [1.54, 1.807) is 6.07 Å². The minimum Gasteiger partial charge on any atom is -0.507 e. The molecule has 1 heterocycles. The average Bonchev–Trinajstić information content (AvgIpc) is 3.17. The largest absolute Gasteiger partial charge is 0.507 e. The van der Waals surface area contributed by atoms with Crippen LogP contribution >= 0.6 is 0 Å². The number of imidazole rings is 1. The number of rotatable bonds is 7. The Bertz CT molecular complexity index is 1510. The molecular weight excluding hydrogens is 492 g/mol. The van der Waals surface area contributed by atoms with Crippen LogP contribution in [0.15, 0.2) is 54.6 Å². The topological polar surface area (TPSA) is 96.6 Å². The van der Waals surface area contributed by atoms with Crippen molar-refractivity contribution < 1.29 is 28.6 Å². The molecule has 1 amide bonds. The maximum atomic E-state index is 14.1. The summed E-state index contributed by atoms with van der Waals surface area (Å²) in [7, 11) is 1.50. The van der Waals surface area contributed by atoms with Crippen LogP contribution in [0.3, 0.4) is 0 Å². The van der Waals surface area contributed by atoms with Crippen LogP contribution in [0.4, 0.5) is 14.5 Å². The molecule has 7 nitrogen and oxygen atoms in total. The lowest BCUT2D eigenvalue weighted by molar-refractivity contribution is -0.00825. The first kappa shape index (κ1) is 26.7. The van der Waals surface area contributed by atoms with Crippen LogP contribution in [-0.4, -0.2) is 33.0 Å². The van der Waals surface area contributed by atoms with Crippen molar-refractivity contribution in [2.75, 3.05) is 12.4 Å². The lowest BCUT2D eigenvalue weighted by Crippen LogP contribution is -2.18. The molecule has 0 fully saturated rings. The van der Waals surface area contributed by atoms with Gasteiger partial charge in [0.15, 0.2) is 11.5 Å². The normalized spacial score (nSPS) is 11.4. The Labute approximate surface area is 219 Å². The highest BCUT2D eigenvalue weighted by Gasteiger charge is 2.30. The van der Waals surface area contributed by atoms with Crippen molar-refractivity contribution in [2.24, 2.45) is 0 Å². The number of hydrogen-bond acceptors (Lipinski definition) is 5. The molecule has 198 valence electrons. The summed E-state index contributed by atoms with van der Waals surface area (Å²) in [4.78, 5) is 17.4. The molecule has 4 aromatic rings. The molecule has 1 aromatic heterocycles. The molecule has 0 spiro atoms. The number of nitrogens with zero attached hydrogens (tertiary/aromatic N) is 2. The molecule has 4 rings (SSSR count). The molecule has 0 saturated carbocycles. The van der Waals surface area contributed by atoms with Gasteiger partial charge in [0.25, 0.3) is 11.8 Å². The number of ether oxygens (including phenoxy) is 1. The molecule has 0 bridgehead atoms. The van der Waals surface area contributed by atoms with E-state index < -0.39 is 11.8 Å². The predicted molar refractivity (Wildman–Crippen MR) is 141 cm³/mol. The van der Waals surface area contributed by atoms with Gasteiger partial charge in [-0.1, -0.05) is 37.3 Å². The Hall–Kier alpha value is -4.40. The van der Waals surface area contributed by atoms with E-state index in [4.69, 9.17) is 4.74 Å². The number of aromatic hydroxyl groups is 1. The highest BCUT2D eigenvalue weighted by atomic mass is 19.3. The number of aryl methyl sites for hydroxylation is 3. The van der Waals surface area contributed by atoms with Crippen molar-refractivity contribution in [3.05, 3.63) is 82.7 Å². The van der Waals surface area contributed by atoms with Gasteiger partial charge in [-0.05, 0) is 55.7 Å². The van der Waals surface area contributed by atoms with E-state index >= 15 is 0 Å². The van der Waals surface area contributed by atoms with Crippen LogP contribution in [0.25, 0.3) is 22.5 Å². The van der Waals surface area contributed by atoms with Gasteiger partial charge < -0.3 is 20.4 Å². The summed E-state index contributed by atoms with van der Waals surface area (Å²) in [5.74, 6) is -3.63. The highest BCUT2D eigenvalue weighted by Crippen LogP contribution is 2.42. The monoisotopic (exact) mass is 521 g/mol. The quantitative estimate of drug-likeness (QED) is 0.231. The predicted octanol–water partition coefficient (Wildman–Crippen LogP) is 6.85. The van der Waals surface area contributed by atoms with E-state index in [1.807, 2.05) is 32.0 Å². The number of carbonyl (C=O) groups excluding carboxylic acids is 1. The van der Waals surface area contributed by atoms with Crippen LogP contribution < -0.4 is 10.1 Å². The number of benzene rings is 3. The number of amides is 1. The fourth-order valence-electron chi connectivity index (χ4n) is 4.52. The third-order valence-corrected chi connectivity index (χ3v) is 6.54. The van der Waals surface area contributed by atoms with Crippen molar-refractivity contribution in [1.29, 1.82) is 0 Å². The van der Waals surface area contributed by atoms with Gasteiger partial charge in [0.1, 0.15) is 11.5 Å². The first-order chi connectivity index (χ1) is 18.0. The Balaban J connectivity index is 1.76. The second kappa shape index (κ2) is 10.2. The van der Waals surface area contributed by atoms with Crippen LogP contribution in [-0.2, 0) is 5.92 Å². The molecule has 0 aliphatic rings. The smallest absolute Gasteiger partial charge is 0.277 e. The number of nitrogens with one attached hydrogen (secondary N) is 1. The Morgan fingerprint density at radius 2 is 1.71 bits per heavy atom. The fraction of sp³-hybridized carbons (Fsp3) is 0.241. The zero-order valence-electron chi connectivity index (χ0n) is 21.8. The second-order valence-corrected chi connectivity index (χ2v) is 9.11. The Kier molecular flexibility index (Phi) is 7.13. The van der Waals surface area contributed by atoms with Crippen LogP contribution in [0.5, 0.6) is 11.5 Å². The number of alkyl halides is 2. The minimum atomic E-state index is -3.04. The molecule has 3 aromatic carbocycles. The van der Waals surface area contributed by atoms with Gasteiger partial charge in [0, 0.05) is 29.3 Å². The maximum Gasteiger partial charge on any atom is 0.277 e. The van der Waals surface area contributed by atoms with Crippen molar-refractivity contribution in [3.63, 3.8) is 0 Å². The van der Waals surface area contributed by atoms with E-state index in [9.17, 15) is 23.9 Å². The standard InChI is InChI=1S/C29H29F2N3O4/c1-6-29(30,31)19-11-8-12-20(13-19)33-28(36)26-18(4)32-27(34(26)37)21-14-22(24(38-5)15-23(21)35)25-16(2)9-7-10-17(25)3/h7-15,35,37H,6H2,1-5H3,(H,33,36). The lowest BCUT2D eigenvalue weighted by atomic mass is 9.93. The van der Waals surface area contributed by atoms with Gasteiger partial charge in [-0.25, -0.2) is 13.8 Å². The summed E-state index contributed by atoms with van der Waals surface area (Å²) in [6, 6.07) is 14.3. The summed E-state index contributed by atoms with van der Waals surface area (Å²) < 4.78 is 34.4. The first-order valence-electron chi connectivity index (χ1n) is 12.0. The fourth-order valence-corrected chi connectivity index (χ4v) is 4.52. The van der Waals surface area contributed by atoms with Gasteiger partial charge in [0.05, 0.1) is 18.4 Å². The molecule has 0 aliphatic heterocycles. The Morgan fingerprint density at radius 3 is 2.34 bits per heavy atom. The number of methoxy groups -OCH3 is 1. The SMILES string of the molecule is CCC(F)(F)c1cccc(NC(=O)c2c(C)nc(-c3cc(-c4c(C)cccc4C)c(OC)cc3O)n2O)c1. The summed E-state index contributed by atoms with van der Waals surface area (Å²) in [5, 5.41) is 24.3. The third kappa shape index (κ3) is 4.79. The Morgan fingerprint density at radius 1 is 1.05 bits per heavy atom. The van der Waals surface area contributed by atoms with Crippen molar-refractivity contribution in [3.8, 4) is 34.0 Å². The zero-order chi connectivity index (χ0) is 27.8. The van der Waals surface area contributed by atoms with E-state index in [-0.39, 0.29) is 46.2 Å². The number of phenolic OH excluding ortho intramolecular Hbond substituents is 1. The lowest BCUT2D eigenvalue weighted by Gasteiger charge is -2.16. The molecule has 0 aliphatic carbocycles. The number of halogens is 2. The average molecular weight is 522 g/mol. The van der Waals surface area contributed by atoms with Crippen molar-refractivity contribution in [2.45, 2.75) is 40.0 Å². The number of phenols is 1.